The topological polar surface area (TPSA) is 92.3 Å². The number of hydrogen-bond acceptors (Lipinski definition) is 6. The molecule has 34 heavy (non-hydrogen) atoms. The summed E-state index contributed by atoms with van der Waals surface area (Å²) in [5.74, 6) is 0.495. The first-order valence-electron chi connectivity index (χ1n) is 11.4. The zero-order valence-corrected chi connectivity index (χ0v) is 20.9. The standard InChI is InChI=1S/C25H28N4O3S2/c1-3-23(33-24-17-22(26-18(2)27-24)19-9-5-4-6-10-19)25(30)28-20-11-13-21(14-12-20)34(31,32)29-15-7-8-16-29/h4-6,9-14,17,23H,3,7-8,15-16H2,1-2H3,(H,28,30). The first-order valence-corrected chi connectivity index (χ1v) is 13.7. The lowest BCUT2D eigenvalue weighted by Gasteiger charge is -2.17. The molecule has 1 saturated heterocycles. The minimum atomic E-state index is -3.47. The molecule has 9 heteroatoms. The third-order valence-electron chi connectivity index (χ3n) is 5.63. The number of amides is 1. The molecule has 3 aromatic rings. The van der Waals surface area contributed by atoms with Crippen molar-refractivity contribution in [2.24, 2.45) is 0 Å². The molecule has 1 aliphatic heterocycles. The van der Waals surface area contributed by atoms with Gasteiger partial charge in [0.25, 0.3) is 0 Å². The van der Waals surface area contributed by atoms with Crippen molar-refractivity contribution in [1.82, 2.24) is 14.3 Å². The van der Waals surface area contributed by atoms with Crippen LogP contribution in [0.3, 0.4) is 0 Å². The maximum atomic E-state index is 13.0. The molecule has 178 valence electrons. The molecule has 1 atom stereocenters. The van der Waals surface area contributed by atoms with E-state index in [4.69, 9.17) is 0 Å². The molecule has 0 aliphatic carbocycles. The van der Waals surface area contributed by atoms with Crippen molar-refractivity contribution in [2.45, 2.75) is 48.3 Å². The van der Waals surface area contributed by atoms with E-state index in [-0.39, 0.29) is 16.1 Å². The van der Waals surface area contributed by atoms with E-state index in [0.717, 1.165) is 29.1 Å². The van der Waals surface area contributed by atoms with E-state index < -0.39 is 10.0 Å². The summed E-state index contributed by atoms with van der Waals surface area (Å²) < 4.78 is 26.9. The van der Waals surface area contributed by atoms with Crippen LogP contribution in [0.15, 0.2) is 70.6 Å². The molecule has 0 spiro atoms. The summed E-state index contributed by atoms with van der Waals surface area (Å²) in [5, 5.41) is 3.29. The minimum Gasteiger partial charge on any atom is -0.325 e. The SMILES string of the molecule is CCC(Sc1cc(-c2ccccc2)nc(C)n1)C(=O)Nc1ccc(S(=O)(=O)N2CCCC2)cc1. The van der Waals surface area contributed by atoms with Gasteiger partial charge in [-0.25, -0.2) is 18.4 Å². The molecule has 1 amide bonds. The lowest BCUT2D eigenvalue weighted by atomic mass is 10.1. The van der Waals surface area contributed by atoms with Gasteiger partial charge in [-0.15, -0.1) is 0 Å². The summed E-state index contributed by atoms with van der Waals surface area (Å²) in [6, 6.07) is 18.2. The van der Waals surface area contributed by atoms with E-state index in [0.29, 0.717) is 31.0 Å². The first kappa shape index (κ1) is 24.4. The Morgan fingerprint density at radius 3 is 2.38 bits per heavy atom. The largest absolute Gasteiger partial charge is 0.325 e. The second kappa shape index (κ2) is 10.7. The molecule has 1 N–H and O–H groups in total. The van der Waals surface area contributed by atoms with Crippen LogP contribution >= 0.6 is 11.8 Å². The quantitative estimate of drug-likeness (QED) is 0.358. The molecule has 7 nitrogen and oxygen atoms in total. The van der Waals surface area contributed by atoms with Crippen LogP contribution in [0.1, 0.15) is 32.0 Å². The average molecular weight is 497 g/mol. The summed E-state index contributed by atoms with van der Waals surface area (Å²) in [4.78, 5) is 22.3. The van der Waals surface area contributed by atoms with Gasteiger partial charge in [0.05, 0.1) is 15.8 Å². The molecule has 0 radical (unpaired) electrons. The maximum Gasteiger partial charge on any atom is 0.243 e. The number of sulfonamides is 1. The molecule has 1 fully saturated rings. The summed E-state index contributed by atoms with van der Waals surface area (Å²) >= 11 is 1.40. The second-order valence-corrected chi connectivity index (χ2v) is 11.3. The molecular formula is C25H28N4O3S2. The Kier molecular flexibility index (Phi) is 7.65. The normalized spacial score (nSPS) is 15.2. The Morgan fingerprint density at radius 2 is 1.74 bits per heavy atom. The number of thioether (sulfide) groups is 1. The van der Waals surface area contributed by atoms with Crippen molar-refractivity contribution >= 4 is 33.4 Å². The summed E-state index contributed by atoms with van der Waals surface area (Å²) in [6.45, 7) is 4.92. The molecule has 1 unspecified atom stereocenters. The number of carbonyl (C=O) groups is 1. The summed E-state index contributed by atoms with van der Waals surface area (Å²) in [6.07, 6.45) is 2.39. The number of carbonyl (C=O) groups excluding carboxylic acids is 1. The Balaban J connectivity index is 1.45. The Labute approximate surface area is 205 Å². The highest BCUT2D eigenvalue weighted by Gasteiger charge is 2.27. The number of nitrogens with zero attached hydrogens (tertiary/aromatic N) is 3. The van der Waals surface area contributed by atoms with Crippen LogP contribution in [0, 0.1) is 6.92 Å². The van der Waals surface area contributed by atoms with Crippen LogP contribution in [0.5, 0.6) is 0 Å². The highest BCUT2D eigenvalue weighted by Crippen LogP contribution is 2.29. The van der Waals surface area contributed by atoms with Crippen molar-refractivity contribution in [3.63, 3.8) is 0 Å². The lowest BCUT2D eigenvalue weighted by molar-refractivity contribution is -0.115. The minimum absolute atomic E-state index is 0.153. The number of benzene rings is 2. The lowest BCUT2D eigenvalue weighted by Crippen LogP contribution is -2.28. The van der Waals surface area contributed by atoms with Crippen LogP contribution in [0.2, 0.25) is 0 Å². The van der Waals surface area contributed by atoms with Gasteiger partial charge in [-0.3, -0.25) is 4.79 Å². The van der Waals surface area contributed by atoms with Crippen LogP contribution in [-0.2, 0) is 14.8 Å². The van der Waals surface area contributed by atoms with Gasteiger partial charge in [-0.1, -0.05) is 49.0 Å². The molecule has 0 saturated carbocycles. The maximum absolute atomic E-state index is 13.0. The van der Waals surface area contributed by atoms with Gasteiger partial charge < -0.3 is 5.32 Å². The number of hydrogen-bond donors (Lipinski definition) is 1. The third kappa shape index (κ3) is 5.65. The molecular weight excluding hydrogens is 468 g/mol. The van der Waals surface area contributed by atoms with Gasteiger partial charge in [0, 0.05) is 24.3 Å². The smallest absolute Gasteiger partial charge is 0.243 e. The van der Waals surface area contributed by atoms with Crippen molar-refractivity contribution in [3.05, 3.63) is 66.5 Å². The van der Waals surface area contributed by atoms with Gasteiger partial charge >= 0.3 is 0 Å². The van der Waals surface area contributed by atoms with Gasteiger partial charge in [0.2, 0.25) is 15.9 Å². The molecule has 1 aromatic heterocycles. The molecule has 2 aromatic carbocycles. The number of aryl methyl sites for hydroxylation is 1. The van der Waals surface area contributed by atoms with Gasteiger partial charge in [0.15, 0.2) is 0 Å². The fraction of sp³-hybridized carbons (Fsp3) is 0.320. The molecule has 4 rings (SSSR count). The monoisotopic (exact) mass is 496 g/mol. The van der Waals surface area contributed by atoms with Crippen LogP contribution < -0.4 is 5.32 Å². The molecule has 0 bridgehead atoms. The van der Waals surface area contributed by atoms with Crippen molar-refractivity contribution in [3.8, 4) is 11.3 Å². The molecule has 1 aliphatic rings. The number of rotatable bonds is 8. The predicted molar refractivity (Wildman–Crippen MR) is 135 cm³/mol. The zero-order chi connectivity index (χ0) is 24.1. The van der Waals surface area contributed by atoms with E-state index in [2.05, 4.69) is 15.3 Å². The fourth-order valence-electron chi connectivity index (χ4n) is 3.84. The summed E-state index contributed by atoms with van der Waals surface area (Å²) in [7, 11) is -3.47. The number of aromatic nitrogens is 2. The van der Waals surface area contributed by atoms with E-state index in [1.165, 1.54) is 16.1 Å². The predicted octanol–water partition coefficient (Wildman–Crippen LogP) is 4.75. The van der Waals surface area contributed by atoms with E-state index in [1.807, 2.05) is 50.2 Å². The van der Waals surface area contributed by atoms with Gasteiger partial charge in [0.1, 0.15) is 10.9 Å². The fourth-order valence-corrected chi connectivity index (χ4v) is 6.34. The van der Waals surface area contributed by atoms with Gasteiger partial charge in [-0.05, 0) is 56.5 Å². The Morgan fingerprint density at radius 1 is 1.06 bits per heavy atom. The average Bonchev–Trinajstić information content (AvgIpc) is 3.39. The highest BCUT2D eigenvalue weighted by molar-refractivity contribution is 8.00. The zero-order valence-electron chi connectivity index (χ0n) is 19.3. The Hall–Kier alpha value is -2.75. The van der Waals surface area contributed by atoms with Crippen molar-refractivity contribution in [2.75, 3.05) is 18.4 Å². The third-order valence-corrected chi connectivity index (χ3v) is 8.83. The van der Waals surface area contributed by atoms with Crippen molar-refractivity contribution < 1.29 is 13.2 Å². The summed E-state index contributed by atoms with van der Waals surface area (Å²) in [5.41, 5.74) is 2.38. The number of anilines is 1. The Bertz CT molecular complexity index is 1240. The first-order chi connectivity index (χ1) is 16.4. The van der Waals surface area contributed by atoms with Crippen LogP contribution in [-0.4, -0.2) is 46.9 Å². The highest BCUT2D eigenvalue weighted by atomic mass is 32.2. The second-order valence-electron chi connectivity index (χ2n) is 8.14. The van der Waals surface area contributed by atoms with Gasteiger partial charge in [-0.2, -0.15) is 4.31 Å². The van der Waals surface area contributed by atoms with Crippen LogP contribution in [0.4, 0.5) is 5.69 Å². The number of nitrogens with one attached hydrogen (secondary N) is 1. The van der Waals surface area contributed by atoms with Crippen molar-refractivity contribution in [1.29, 1.82) is 0 Å². The van der Waals surface area contributed by atoms with E-state index in [9.17, 15) is 13.2 Å². The van der Waals surface area contributed by atoms with E-state index >= 15 is 0 Å². The molecule has 2 heterocycles. The van der Waals surface area contributed by atoms with E-state index in [1.54, 1.807) is 24.3 Å². The van der Waals surface area contributed by atoms with Crippen LogP contribution in [0.25, 0.3) is 11.3 Å².